The van der Waals surface area contributed by atoms with E-state index in [1.54, 1.807) is 0 Å². The monoisotopic (exact) mass is 199 g/mol. The molecule has 0 aromatic heterocycles. The Morgan fingerprint density at radius 3 is 3.00 bits per heavy atom. The van der Waals surface area contributed by atoms with E-state index >= 15 is 0 Å². The van der Waals surface area contributed by atoms with E-state index in [-0.39, 0.29) is 5.41 Å². The second-order valence-corrected chi connectivity index (χ2v) is 5.02. The summed E-state index contributed by atoms with van der Waals surface area (Å²) in [5.41, 5.74) is 3.10. The first kappa shape index (κ1) is 9.02. The maximum atomic E-state index is 3.62. The average Bonchev–Trinajstić information content (AvgIpc) is 2.55. The van der Waals surface area contributed by atoms with Gasteiger partial charge in [-0.2, -0.15) is 0 Å². The third kappa shape index (κ3) is 1.04. The van der Waals surface area contributed by atoms with Crippen molar-refractivity contribution in [3.8, 4) is 0 Å². The van der Waals surface area contributed by atoms with Gasteiger partial charge in [0.1, 0.15) is 0 Å². The highest BCUT2D eigenvalue weighted by molar-refractivity contribution is 5.63. The lowest BCUT2D eigenvalue weighted by Gasteiger charge is -2.38. The van der Waals surface area contributed by atoms with Gasteiger partial charge in [0.2, 0.25) is 0 Å². The van der Waals surface area contributed by atoms with Gasteiger partial charge < -0.3 is 5.32 Å². The van der Waals surface area contributed by atoms with Crippen molar-refractivity contribution in [3.63, 3.8) is 0 Å². The van der Waals surface area contributed by atoms with Crippen LogP contribution >= 0.6 is 0 Å². The highest BCUT2D eigenvalue weighted by Gasteiger charge is 2.46. The van der Waals surface area contributed by atoms with Crippen molar-refractivity contribution in [2.45, 2.75) is 31.7 Å². The largest absolute Gasteiger partial charge is 0.378 e. The van der Waals surface area contributed by atoms with Crippen LogP contribution in [0.1, 0.15) is 25.8 Å². The van der Waals surface area contributed by atoms with Gasteiger partial charge >= 0.3 is 0 Å². The number of hydrogen-bond donors (Lipinski definition) is 1. The molecule has 0 amide bonds. The average molecular weight is 199 g/mol. The van der Waals surface area contributed by atoms with Crippen LogP contribution in [-0.4, -0.2) is 6.04 Å². The van der Waals surface area contributed by atoms with Crippen LogP contribution < -0.4 is 5.32 Å². The fraction of sp³-hybridized carbons (Fsp3) is 0.429. The summed E-state index contributed by atoms with van der Waals surface area (Å²) in [5, 5.41) is 3.62. The molecule has 78 valence electrons. The SMILES string of the molecule is CC1CC=C[C@@H]2Nc3ccccc3C12C. The van der Waals surface area contributed by atoms with E-state index in [9.17, 15) is 0 Å². The second-order valence-electron chi connectivity index (χ2n) is 5.02. The zero-order chi connectivity index (χ0) is 10.5. The Bertz CT molecular complexity index is 421. The normalized spacial score (nSPS) is 36.9. The molecule has 0 spiro atoms. The minimum atomic E-state index is 0.283. The number of allylic oxidation sites excluding steroid dienone is 1. The molecule has 2 aliphatic rings. The number of fused-ring (bicyclic) bond motifs is 3. The summed E-state index contributed by atoms with van der Waals surface area (Å²) in [5.74, 6) is 0.712. The Balaban J connectivity index is 2.19. The van der Waals surface area contributed by atoms with Crippen LogP contribution in [0.5, 0.6) is 0 Å². The standard InChI is InChI=1S/C14H17N/c1-10-6-5-9-13-14(10,2)11-7-3-4-8-12(11)15-13/h3-5,7-10,13,15H,6H2,1-2H3/t10?,13-,14?/m0/s1. The molecule has 0 fully saturated rings. The van der Waals surface area contributed by atoms with E-state index < -0.39 is 0 Å². The fourth-order valence-electron chi connectivity index (χ4n) is 3.05. The van der Waals surface area contributed by atoms with E-state index in [1.165, 1.54) is 17.7 Å². The summed E-state index contributed by atoms with van der Waals surface area (Å²) in [6.45, 7) is 4.75. The Kier molecular flexibility index (Phi) is 1.73. The van der Waals surface area contributed by atoms with Crippen molar-refractivity contribution in [2.24, 2.45) is 5.92 Å². The van der Waals surface area contributed by atoms with Gasteiger partial charge in [-0.15, -0.1) is 0 Å². The fourth-order valence-corrected chi connectivity index (χ4v) is 3.05. The highest BCUT2D eigenvalue weighted by Crippen LogP contribution is 2.49. The summed E-state index contributed by atoms with van der Waals surface area (Å²) in [6, 6.07) is 9.22. The maximum Gasteiger partial charge on any atom is 0.0542 e. The van der Waals surface area contributed by atoms with Gasteiger partial charge in [0, 0.05) is 11.1 Å². The van der Waals surface area contributed by atoms with Crippen LogP contribution in [0, 0.1) is 5.92 Å². The third-order valence-electron chi connectivity index (χ3n) is 4.31. The Labute approximate surface area is 91.2 Å². The van der Waals surface area contributed by atoms with Gasteiger partial charge in [-0.1, -0.05) is 44.2 Å². The number of benzene rings is 1. The molecule has 15 heavy (non-hydrogen) atoms. The first-order chi connectivity index (χ1) is 7.23. The Hall–Kier alpha value is -1.24. The summed E-state index contributed by atoms with van der Waals surface area (Å²) < 4.78 is 0. The van der Waals surface area contributed by atoms with Crippen LogP contribution in [0.2, 0.25) is 0 Å². The molecular weight excluding hydrogens is 182 g/mol. The molecule has 1 aromatic rings. The van der Waals surface area contributed by atoms with Crippen LogP contribution in [0.15, 0.2) is 36.4 Å². The Morgan fingerprint density at radius 1 is 1.33 bits per heavy atom. The molecule has 1 aliphatic carbocycles. The molecular formula is C14H17N. The number of para-hydroxylation sites is 1. The predicted octanol–water partition coefficient (Wildman–Crippen LogP) is 3.33. The molecule has 2 unspecified atom stereocenters. The van der Waals surface area contributed by atoms with Crippen molar-refractivity contribution < 1.29 is 0 Å². The molecule has 1 N–H and O–H groups in total. The Morgan fingerprint density at radius 2 is 2.13 bits per heavy atom. The molecule has 0 saturated carbocycles. The van der Waals surface area contributed by atoms with E-state index in [1.807, 2.05) is 0 Å². The third-order valence-corrected chi connectivity index (χ3v) is 4.31. The van der Waals surface area contributed by atoms with E-state index in [0.29, 0.717) is 12.0 Å². The zero-order valence-electron chi connectivity index (χ0n) is 9.33. The summed E-state index contributed by atoms with van der Waals surface area (Å²) in [4.78, 5) is 0. The van der Waals surface area contributed by atoms with E-state index in [2.05, 4.69) is 55.6 Å². The van der Waals surface area contributed by atoms with E-state index in [4.69, 9.17) is 0 Å². The molecule has 3 atom stereocenters. The van der Waals surface area contributed by atoms with Gasteiger partial charge in [0.15, 0.2) is 0 Å². The van der Waals surface area contributed by atoms with Crippen molar-refractivity contribution in [1.29, 1.82) is 0 Å². The number of rotatable bonds is 0. The molecule has 0 bridgehead atoms. The van der Waals surface area contributed by atoms with Gasteiger partial charge in [0.25, 0.3) is 0 Å². The van der Waals surface area contributed by atoms with Crippen LogP contribution in [0.25, 0.3) is 0 Å². The lowest BCUT2D eigenvalue weighted by Crippen LogP contribution is -2.42. The van der Waals surface area contributed by atoms with Crippen molar-refractivity contribution in [2.75, 3.05) is 5.32 Å². The highest BCUT2D eigenvalue weighted by atomic mass is 15.0. The summed E-state index contributed by atoms with van der Waals surface area (Å²) in [6.07, 6.45) is 5.85. The summed E-state index contributed by atoms with van der Waals surface area (Å²) >= 11 is 0. The molecule has 1 aliphatic heterocycles. The maximum absolute atomic E-state index is 3.62. The second kappa shape index (κ2) is 2.88. The van der Waals surface area contributed by atoms with Gasteiger partial charge in [-0.05, 0) is 24.0 Å². The van der Waals surface area contributed by atoms with Crippen molar-refractivity contribution >= 4 is 5.69 Å². The molecule has 3 rings (SSSR count). The van der Waals surface area contributed by atoms with Crippen molar-refractivity contribution in [3.05, 3.63) is 42.0 Å². The van der Waals surface area contributed by atoms with Gasteiger partial charge in [0.05, 0.1) is 6.04 Å². The minimum absolute atomic E-state index is 0.283. The molecule has 1 aromatic carbocycles. The van der Waals surface area contributed by atoms with Crippen molar-refractivity contribution in [1.82, 2.24) is 0 Å². The molecule has 1 heterocycles. The zero-order valence-corrected chi connectivity index (χ0v) is 9.33. The minimum Gasteiger partial charge on any atom is -0.378 e. The lowest BCUT2D eigenvalue weighted by molar-refractivity contribution is 0.299. The molecule has 1 heteroatoms. The van der Waals surface area contributed by atoms with Crippen LogP contribution in [0.4, 0.5) is 5.69 Å². The van der Waals surface area contributed by atoms with E-state index in [0.717, 1.165) is 0 Å². The number of anilines is 1. The predicted molar refractivity (Wildman–Crippen MR) is 64.1 cm³/mol. The summed E-state index contributed by atoms with van der Waals surface area (Å²) in [7, 11) is 0. The first-order valence-electron chi connectivity index (χ1n) is 5.75. The quantitative estimate of drug-likeness (QED) is 0.632. The van der Waals surface area contributed by atoms with Crippen LogP contribution in [0.3, 0.4) is 0 Å². The lowest BCUT2D eigenvalue weighted by atomic mass is 9.66. The van der Waals surface area contributed by atoms with Crippen LogP contribution in [-0.2, 0) is 5.41 Å². The first-order valence-corrected chi connectivity index (χ1v) is 5.75. The number of nitrogens with one attached hydrogen (secondary N) is 1. The molecule has 0 saturated heterocycles. The number of hydrogen-bond acceptors (Lipinski definition) is 1. The van der Waals surface area contributed by atoms with Gasteiger partial charge in [-0.25, -0.2) is 0 Å². The topological polar surface area (TPSA) is 12.0 Å². The molecule has 1 nitrogen and oxygen atoms in total. The smallest absolute Gasteiger partial charge is 0.0542 e. The molecule has 0 radical (unpaired) electrons. The van der Waals surface area contributed by atoms with Gasteiger partial charge in [-0.3, -0.25) is 0 Å².